The van der Waals surface area contributed by atoms with Gasteiger partial charge in [-0.15, -0.1) is 0 Å². The molecule has 1 unspecified atom stereocenters. The molecule has 2 rings (SSSR count). The molecular formula is C17H23N3O3S. The van der Waals surface area contributed by atoms with Gasteiger partial charge in [0.15, 0.2) is 0 Å². The number of benzene rings is 1. The molecule has 1 aliphatic heterocycles. The monoisotopic (exact) mass is 349 g/mol. The Bertz CT molecular complexity index is 773. The van der Waals surface area contributed by atoms with Gasteiger partial charge in [-0.05, 0) is 44.7 Å². The quantitative estimate of drug-likeness (QED) is 0.776. The number of sulfonamides is 1. The first-order valence-electron chi connectivity index (χ1n) is 7.91. The molecule has 24 heavy (non-hydrogen) atoms. The molecule has 1 fully saturated rings. The van der Waals surface area contributed by atoms with Crippen molar-refractivity contribution in [3.63, 3.8) is 0 Å². The summed E-state index contributed by atoms with van der Waals surface area (Å²) in [5, 5.41) is 8.76. The summed E-state index contributed by atoms with van der Waals surface area (Å²) < 4.78 is 27.6. The number of amides is 1. The van der Waals surface area contributed by atoms with Gasteiger partial charge >= 0.3 is 0 Å². The second kappa shape index (κ2) is 6.91. The Morgan fingerprint density at radius 3 is 2.46 bits per heavy atom. The predicted molar refractivity (Wildman–Crippen MR) is 90.8 cm³/mol. The maximum Gasteiger partial charge on any atom is 0.244 e. The van der Waals surface area contributed by atoms with Gasteiger partial charge in [-0.3, -0.25) is 4.79 Å². The van der Waals surface area contributed by atoms with Crippen LogP contribution in [0.2, 0.25) is 0 Å². The number of carbonyl (C=O) groups is 1. The summed E-state index contributed by atoms with van der Waals surface area (Å²) in [4.78, 5) is 14.1. The fourth-order valence-corrected chi connectivity index (χ4v) is 5.47. The third-order valence-corrected chi connectivity index (χ3v) is 6.56. The summed E-state index contributed by atoms with van der Waals surface area (Å²) in [6.45, 7) is 5.76. The first kappa shape index (κ1) is 18.4. The second-order valence-corrected chi connectivity index (χ2v) is 8.18. The van der Waals surface area contributed by atoms with Gasteiger partial charge in [-0.25, -0.2) is 8.42 Å². The van der Waals surface area contributed by atoms with Crippen LogP contribution in [-0.4, -0.2) is 49.7 Å². The Balaban J connectivity index is 2.42. The van der Waals surface area contributed by atoms with Crippen molar-refractivity contribution in [3.8, 4) is 6.07 Å². The van der Waals surface area contributed by atoms with Crippen LogP contribution in [0.1, 0.15) is 29.5 Å². The Morgan fingerprint density at radius 2 is 1.92 bits per heavy atom. The van der Waals surface area contributed by atoms with Crippen molar-refractivity contribution in [1.29, 1.82) is 5.26 Å². The molecule has 1 atom stereocenters. The standard InChI is InChI=1S/C17H23N3O3S/c1-12-10-13(2)16(14(3)11-12)24(22,23)20-8-5-6-15(20)17(21)19(4)9-7-18/h10-11,15H,5-6,8-9H2,1-4H3. The van der Waals surface area contributed by atoms with E-state index in [1.165, 1.54) is 16.3 Å². The summed E-state index contributed by atoms with van der Waals surface area (Å²) in [7, 11) is -2.23. The van der Waals surface area contributed by atoms with E-state index in [0.717, 1.165) is 5.56 Å². The van der Waals surface area contributed by atoms with Crippen molar-refractivity contribution in [3.05, 3.63) is 28.8 Å². The van der Waals surface area contributed by atoms with Crippen LogP contribution in [0, 0.1) is 32.1 Å². The zero-order valence-electron chi connectivity index (χ0n) is 14.5. The van der Waals surface area contributed by atoms with Crippen LogP contribution in [-0.2, 0) is 14.8 Å². The van der Waals surface area contributed by atoms with E-state index in [2.05, 4.69) is 0 Å². The highest BCUT2D eigenvalue weighted by Crippen LogP contribution is 2.31. The van der Waals surface area contributed by atoms with Gasteiger partial charge < -0.3 is 4.90 Å². The zero-order valence-corrected chi connectivity index (χ0v) is 15.4. The fourth-order valence-electron chi connectivity index (χ4n) is 3.40. The highest BCUT2D eigenvalue weighted by molar-refractivity contribution is 7.89. The minimum absolute atomic E-state index is 0.0498. The normalized spacial score (nSPS) is 18.4. The second-order valence-electron chi connectivity index (χ2n) is 6.35. The highest BCUT2D eigenvalue weighted by Gasteiger charge is 2.41. The average Bonchev–Trinajstić information content (AvgIpc) is 2.95. The van der Waals surface area contributed by atoms with Crippen LogP contribution in [0.25, 0.3) is 0 Å². The maximum atomic E-state index is 13.2. The molecule has 1 aliphatic rings. The van der Waals surface area contributed by atoms with Gasteiger partial charge in [0.1, 0.15) is 12.6 Å². The van der Waals surface area contributed by atoms with Crippen LogP contribution in [0.3, 0.4) is 0 Å². The molecule has 1 saturated heterocycles. The lowest BCUT2D eigenvalue weighted by molar-refractivity contribution is -0.132. The average molecular weight is 349 g/mol. The van der Waals surface area contributed by atoms with E-state index in [0.29, 0.717) is 30.5 Å². The van der Waals surface area contributed by atoms with Crippen LogP contribution < -0.4 is 0 Å². The first-order valence-corrected chi connectivity index (χ1v) is 9.35. The zero-order chi connectivity index (χ0) is 18.1. The number of aryl methyl sites for hydroxylation is 3. The molecule has 1 aromatic rings. The van der Waals surface area contributed by atoms with Gasteiger partial charge in [0.2, 0.25) is 15.9 Å². The van der Waals surface area contributed by atoms with Crippen molar-refractivity contribution in [2.75, 3.05) is 20.1 Å². The molecule has 0 aliphatic carbocycles. The van der Waals surface area contributed by atoms with Crippen molar-refractivity contribution >= 4 is 15.9 Å². The Morgan fingerprint density at radius 1 is 1.33 bits per heavy atom. The van der Waals surface area contributed by atoms with Crippen molar-refractivity contribution in [2.45, 2.75) is 44.6 Å². The lowest BCUT2D eigenvalue weighted by Crippen LogP contribution is -2.46. The SMILES string of the molecule is Cc1cc(C)c(S(=O)(=O)N2CCCC2C(=O)N(C)CC#N)c(C)c1. The highest BCUT2D eigenvalue weighted by atomic mass is 32.2. The van der Waals surface area contributed by atoms with Crippen molar-refractivity contribution < 1.29 is 13.2 Å². The van der Waals surface area contributed by atoms with Gasteiger partial charge in [-0.1, -0.05) is 17.7 Å². The lowest BCUT2D eigenvalue weighted by Gasteiger charge is -2.27. The summed E-state index contributed by atoms with van der Waals surface area (Å²) in [5.74, 6) is -0.319. The Labute approximate surface area is 143 Å². The smallest absolute Gasteiger partial charge is 0.244 e. The molecule has 1 amide bonds. The number of hydrogen-bond donors (Lipinski definition) is 0. The van der Waals surface area contributed by atoms with E-state index < -0.39 is 16.1 Å². The van der Waals surface area contributed by atoms with E-state index >= 15 is 0 Å². The topological polar surface area (TPSA) is 81.5 Å². The summed E-state index contributed by atoms with van der Waals surface area (Å²) in [6.07, 6.45) is 1.12. The van der Waals surface area contributed by atoms with E-state index in [4.69, 9.17) is 5.26 Å². The third kappa shape index (κ3) is 3.30. The van der Waals surface area contributed by atoms with Crippen LogP contribution in [0.4, 0.5) is 0 Å². The number of hydrogen-bond acceptors (Lipinski definition) is 4. The number of carbonyl (C=O) groups excluding carboxylic acids is 1. The number of nitriles is 1. The molecule has 1 heterocycles. The first-order chi connectivity index (χ1) is 11.2. The molecule has 0 spiro atoms. The van der Waals surface area contributed by atoms with Gasteiger partial charge in [0, 0.05) is 13.6 Å². The summed E-state index contributed by atoms with van der Waals surface area (Å²) >= 11 is 0. The maximum absolute atomic E-state index is 13.2. The van der Waals surface area contributed by atoms with Gasteiger partial charge in [0.05, 0.1) is 11.0 Å². The Hall–Kier alpha value is -1.91. The van der Waals surface area contributed by atoms with E-state index in [1.807, 2.05) is 25.1 Å². The van der Waals surface area contributed by atoms with Crippen molar-refractivity contribution in [1.82, 2.24) is 9.21 Å². The molecule has 6 nitrogen and oxygen atoms in total. The molecule has 0 N–H and O–H groups in total. The van der Waals surface area contributed by atoms with Gasteiger partial charge in [0.25, 0.3) is 0 Å². The Kier molecular flexibility index (Phi) is 5.31. The largest absolute Gasteiger partial charge is 0.331 e. The molecule has 7 heteroatoms. The summed E-state index contributed by atoms with van der Waals surface area (Å²) in [5.41, 5.74) is 2.39. The van der Waals surface area contributed by atoms with Crippen LogP contribution in [0.5, 0.6) is 0 Å². The van der Waals surface area contributed by atoms with E-state index in [1.54, 1.807) is 13.8 Å². The minimum Gasteiger partial charge on any atom is -0.331 e. The third-order valence-electron chi connectivity index (χ3n) is 4.34. The molecule has 130 valence electrons. The summed E-state index contributed by atoms with van der Waals surface area (Å²) in [6, 6.07) is 4.87. The lowest BCUT2D eigenvalue weighted by atomic mass is 10.1. The van der Waals surface area contributed by atoms with Crippen molar-refractivity contribution in [2.24, 2.45) is 0 Å². The van der Waals surface area contributed by atoms with Crippen LogP contribution >= 0.6 is 0 Å². The van der Waals surface area contributed by atoms with E-state index in [9.17, 15) is 13.2 Å². The molecule has 1 aromatic carbocycles. The molecule has 0 aromatic heterocycles. The van der Waals surface area contributed by atoms with E-state index in [-0.39, 0.29) is 17.3 Å². The molecule has 0 saturated carbocycles. The predicted octanol–water partition coefficient (Wildman–Crippen LogP) is 1.75. The molecule has 0 bridgehead atoms. The minimum atomic E-state index is -3.76. The van der Waals surface area contributed by atoms with Gasteiger partial charge in [-0.2, -0.15) is 9.57 Å². The molecule has 0 radical (unpaired) electrons. The van der Waals surface area contributed by atoms with Crippen LogP contribution in [0.15, 0.2) is 17.0 Å². The molecular weight excluding hydrogens is 326 g/mol. The number of likely N-dealkylation sites (N-methyl/N-ethyl adjacent to an activating group) is 1. The number of nitrogens with zero attached hydrogens (tertiary/aromatic N) is 3. The number of rotatable bonds is 4. The fraction of sp³-hybridized carbons (Fsp3) is 0.529.